The number of carbonyl (C=O) groups excluding carboxylic acids is 7. The molecule has 0 heterocycles. The molecule has 4 aromatic carbocycles. The first-order valence-electron chi connectivity index (χ1n) is 14.5. The van der Waals surface area contributed by atoms with Crippen molar-refractivity contribution in [1.29, 1.82) is 0 Å². The van der Waals surface area contributed by atoms with Crippen molar-refractivity contribution >= 4 is 109 Å². The predicted octanol–water partition coefficient (Wildman–Crippen LogP) is 5.82. The molecule has 50 heavy (non-hydrogen) atoms. The Morgan fingerprint density at radius 1 is 0.520 bits per heavy atom. The number of hydrogen-bond donors (Lipinski definition) is 4. The van der Waals surface area contributed by atoms with Gasteiger partial charge in [-0.2, -0.15) is 0 Å². The van der Waals surface area contributed by atoms with E-state index < -0.39 is 23.4 Å². The van der Waals surface area contributed by atoms with E-state index in [1.54, 1.807) is 48.5 Å². The molecule has 15 heteroatoms. The topological polar surface area (TPSA) is 196 Å². The van der Waals surface area contributed by atoms with Crippen LogP contribution in [-0.2, 0) is 14.4 Å². The summed E-state index contributed by atoms with van der Waals surface area (Å²) in [5.41, 5.74) is 14.3. The van der Waals surface area contributed by atoms with E-state index in [0.717, 1.165) is 0 Å². The van der Waals surface area contributed by atoms with E-state index in [4.69, 9.17) is 57.9 Å². The summed E-state index contributed by atoms with van der Waals surface area (Å²) in [5.74, 6) is -2.57. The number of halogens is 4. The fourth-order valence-electron chi connectivity index (χ4n) is 5.19. The van der Waals surface area contributed by atoms with Crippen LogP contribution in [0.2, 0.25) is 0 Å². The number of nitrogens with one attached hydrogen (secondary N) is 2. The van der Waals surface area contributed by atoms with Gasteiger partial charge in [0.05, 0.1) is 33.6 Å². The van der Waals surface area contributed by atoms with Crippen molar-refractivity contribution in [2.75, 3.05) is 39.7 Å². The molecule has 0 saturated heterocycles. The SMILES string of the molecule is Nc1cccc2c1C(=O)c1cccc(N)c1C2=O.O=C(CCl)Nc1cccc2c1C(=O)c1cccc(NC(=O)CCl)c1C2=O.O=C(Cl)CCCl. The molecule has 6 N–H and O–H groups in total. The van der Waals surface area contributed by atoms with Crippen LogP contribution >= 0.6 is 46.4 Å². The van der Waals surface area contributed by atoms with E-state index >= 15 is 0 Å². The minimum atomic E-state index is -0.491. The van der Waals surface area contributed by atoms with Crippen LogP contribution in [0.3, 0.4) is 0 Å². The molecule has 0 saturated carbocycles. The highest BCUT2D eigenvalue weighted by molar-refractivity contribution is 6.63. The number of alkyl halides is 3. The van der Waals surface area contributed by atoms with Gasteiger partial charge in [-0.25, -0.2) is 0 Å². The molecule has 0 spiro atoms. The lowest BCUT2D eigenvalue weighted by Crippen LogP contribution is -2.26. The molecule has 0 unspecified atom stereocenters. The fraction of sp³-hybridized carbons (Fsp3) is 0.114. The maximum absolute atomic E-state index is 13.0. The average molecular weight is 756 g/mol. The van der Waals surface area contributed by atoms with Crippen molar-refractivity contribution in [3.8, 4) is 0 Å². The van der Waals surface area contributed by atoms with Crippen molar-refractivity contribution < 1.29 is 33.6 Å². The summed E-state index contributed by atoms with van der Waals surface area (Å²) >= 11 is 20.9. The van der Waals surface area contributed by atoms with Gasteiger partial charge in [0.1, 0.15) is 11.8 Å². The number of amides is 2. The van der Waals surface area contributed by atoms with Gasteiger partial charge in [0.15, 0.2) is 23.1 Å². The highest BCUT2D eigenvalue weighted by Crippen LogP contribution is 2.36. The first-order chi connectivity index (χ1) is 23.9. The minimum absolute atomic E-state index is 0.101. The number of hydrogen-bond acceptors (Lipinski definition) is 9. The second-order valence-corrected chi connectivity index (χ2v) is 11.8. The Morgan fingerprint density at radius 3 is 1.14 bits per heavy atom. The molecular weight excluding hydrogens is 730 g/mol. The zero-order valence-electron chi connectivity index (χ0n) is 25.8. The number of fused-ring (bicyclic) bond motifs is 4. The molecular formula is C35H26Cl4N4O7. The van der Waals surface area contributed by atoms with Gasteiger partial charge in [-0.1, -0.05) is 48.5 Å². The second kappa shape index (κ2) is 16.6. The maximum atomic E-state index is 13.0. The van der Waals surface area contributed by atoms with Crippen molar-refractivity contribution in [3.05, 3.63) is 117 Å². The molecule has 0 bridgehead atoms. The third-order valence-electron chi connectivity index (χ3n) is 7.29. The quantitative estimate of drug-likeness (QED) is 0.0920. The Bertz CT molecular complexity index is 1950. The number of ketones is 4. The van der Waals surface area contributed by atoms with Crippen LogP contribution in [0, 0.1) is 0 Å². The summed E-state index contributed by atoms with van der Waals surface area (Å²) in [6, 6.07) is 18.9. The predicted molar refractivity (Wildman–Crippen MR) is 193 cm³/mol. The fourth-order valence-corrected chi connectivity index (χ4v) is 5.68. The van der Waals surface area contributed by atoms with Crippen LogP contribution in [-0.4, -0.2) is 57.8 Å². The molecule has 6 rings (SSSR count). The van der Waals surface area contributed by atoms with Gasteiger partial charge in [-0.05, 0) is 35.9 Å². The molecule has 0 aliphatic heterocycles. The number of benzene rings is 4. The van der Waals surface area contributed by atoms with Gasteiger partial charge >= 0.3 is 0 Å². The highest BCUT2D eigenvalue weighted by atomic mass is 35.5. The van der Waals surface area contributed by atoms with Crippen LogP contribution < -0.4 is 22.1 Å². The van der Waals surface area contributed by atoms with Crippen LogP contribution in [0.15, 0.2) is 72.8 Å². The summed E-state index contributed by atoms with van der Waals surface area (Å²) < 4.78 is 0. The summed E-state index contributed by atoms with van der Waals surface area (Å²) in [6.45, 7) is 0. The lowest BCUT2D eigenvalue weighted by atomic mass is 9.82. The lowest BCUT2D eigenvalue weighted by molar-refractivity contribution is -0.114. The Labute approximate surface area is 305 Å². The van der Waals surface area contributed by atoms with Gasteiger partial charge in [0, 0.05) is 45.9 Å². The van der Waals surface area contributed by atoms with Gasteiger partial charge in [-0.3, -0.25) is 33.6 Å². The molecule has 11 nitrogen and oxygen atoms in total. The number of carbonyl (C=O) groups is 7. The zero-order chi connectivity index (χ0) is 36.7. The zero-order valence-corrected chi connectivity index (χ0v) is 28.8. The highest BCUT2D eigenvalue weighted by Gasteiger charge is 2.34. The molecule has 0 atom stereocenters. The Kier molecular flexibility index (Phi) is 12.5. The van der Waals surface area contributed by atoms with E-state index in [1.807, 2.05) is 0 Å². The van der Waals surface area contributed by atoms with Crippen LogP contribution in [0.1, 0.15) is 70.1 Å². The third kappa shape index (κ3) is 7.87. The molecule has 256 valence electrons. The first-order valence-corrected chi connectivity index (χ1v) is 16.5. The van der Waals surface area contributed by atoms with Crippen LogP contribution in [0.25, 0.3) is 0 Å². The normalized spacial score (nSPS) is 12.1. The van der Waals surface area contributed by atoms with Crippen LogP contribution in [0.4, 0.5) is 22.7 Å². The standard InChI is InChI=1S/C18H12Cl2N2O4.C14H10N2O2.C3H4Cl2O/c19-7-13(23)21-11-5-1-3-9-15(11)18(26)10-4-2-6-12(16(10)17(9)25)22-14(24)8-20;15-9-5-1-3-7-11(9)14(18)8-4-2-6-10(16)12(8)13(7)17;4-2-1-3(5)6/h1-6H,7-8H2,(H,21,23)(H,22,24);1-6H,15-16H2;1-2H2. The Hall–Kier alpha value is -5.07. The molecule has 0 radical (unpaired) electrons. The molecule has 2 amide bonds. The third-order valence-corrected chi connectivity index (χ3v) is 8.15. The number of anilines is 4. The van der Waals surface area contributed by atoms with Gasteiger partial charge in [-0.15, -0.1) is 34.8 Å². The van der Waals surface area contributed by atoms with Crippen LogP contribution in [0.5, 0.6) is 0 Å². The summed E-state index contributed by atoms with van der Waals surface area (Å²) in [6.07, 6.45) is 0.267. The smallest absolute Gasteiger partial charge is 0.239 e. The molecule has 0 fully saturated rings. The molecule has 2 aliphatic carbocycles. The molecule has 4 aromatic rings. The summed E-state index contributed by atoms with van der Waals surface area (Å²) in [4.78, 5) is 83.6. The second-order valence-electron chi connectivity index (χ2n) is 10.5. The Morgan fingerprint density at radius 2 is 0.840 bits per heavy atom. The largest absolute Gasteiger partial charge is 0.398 e. The van der Waals surface area contributed by atoms with Gasteiger partial charge in [0.25, 0.3) is 0 Å². The molecule has 0 aromatic heterocycles. The molecule has 2 aliphatic rings. The van der Waals surface area contributed by atoms with Crippen molar-refractivity contribution in [2.24, 2.45) is 0 Å². The van der Waals surface area contributed by atoms with E-state index in [-0.39, 0.29) is 79.7 Å². The summed E-state index contributed by atoms with van der Waals surface area (Å²) in [7, 11) is 0. The van der Waals surface area contributed by atoms with Crippen molar-refractivity contribution in [3.63, 3.8) is 0 Å². The van der Waals surface area contributed by atoms with Crippen molar-refractivity contribution in [2.45, 2.75) is 6.42 Å². The Balaban J connectivity index is 0.000000202. The minimum Gasteiger partial charge on any atom is -0.398 e. The lowest BCUT2D eigenvalue weighted by Gasteiger charge is -2.22. The number of rotatable bonds is 6. The van der Waals surface area contributed by atoms with Gasteiger partial charge < -0.3 is 22.1 Å². The van der Waals surface area contributed by atoms with E-state index in [0.29, 0.717) is 28.4 Å². The monoisotopic (exact) mass is 754 g/mol. The number of nitrogens with two attached hydrogens (primary N) is 2. The van der Waals surface area contributed by atoms with E-state index in [9.17, 15) is 33.6 Å². The summed E-state index contributed by atoms with van der Waals surface area (Å²) in [5, 5.41) is 4.68. The van der Waals surface area contributed by atoms with E-state index in [2.05, 4.69) is 10.6 Å². The number of nitrogen functional groups attached to an aromatic ring is 2. The van der Waals surface area contributed by atoms with E-state index in [1.165, 1.54) is 24.3 Å². The maximum Gasteiger partial charge on any atom is 0.239 e. The van der Waals surface area contributed by atoms with Crippen molar-refractivity contribution in [1.82, 2.24) is 0 Å². The van der Waals surface area contributed by atoms with Gasteiger partial charge in [0.2, 0.25) is 17.1 Å². The first kappa shape index (κ1) is 37.7. The average Bonchev–Trinajstić information content (AvgIpc) is 3.09.